The Morgan fingerprint density at radius 2 is 1.84 bits per heavy atom. The van der Waals surface area contributed by atoms with E-state index in [2.05, 4.69) is 55.3 Å². The van der Waals surface area contributed by atoms with Crippen LogP contribution in [0.2, 0.25) is 0 Å². The van der Waals surface area contributed by atoms with E-state index in [0.717, 1.165) is 13.1 Å². The molecule has 1 aromatic carbocycles. The van der Waals surface area contributed by atoms with Crippen molar-refractivity contribution in [3.63, 3.8) is 0 Å². The Bertz CT molecular complexity index is 417. The van der Waals surface area contributed by atoms with Crippen molar-refractivity contribution < 1.29 is 5.11 Å². The minimum Gasteiger partial charge on any atom is -0.387 e. The normalized spacial score (nSPS) is 25.2. The van der Waals surface area contributed by atoms with E-state index >= 15 is 0 Å². The summed E-state index contributed by atoms with van der Waals surface area (Å²) < 4.78 is 0. The Balaban J connectivity index is 2.17. The molecule has 3 heteroatoms. The average molecular weight is 262 g/mol. The first-order valence-corrected chi connectivity index (χ1v) is 7.07. The maximum absolute atomic E-state index is 10.3. The molecule has 0 aromatic heterocycles. The highest BCUT2D eigenvalue weighted by molar-refractivity contribution is 5.49. The first kappa shape index (κ1) is 14.4. The Labute approximate surface area is 116 Å². The Morgan fingerprint density at radius 3 is 2.42 bits per heavy atom. The van der Waals surface area contributed by atoms with E-state index in [0.29, 0.717) is 13.1 Å². The summed E-state index contributed by atoms with van der Waals surface area (Å²) in [4.78, 5) is 2.26. The first-order chi connectivity index (χ1) is 8.78. The summed E-state index contributed by atoms with van der Waals surface area (Å²) in [6.45, 7) is 11.7. The van der Waals surface area contributed by atoms with Crippen LogP contribution in [-0.4, -0.2) is 36.9 Å². The van der Waals surface area contributed by atoms with Crippen molar-refractivity contribution in [2.45, 2.75) is 38.7 Å². The van der Waals surface area contributed by atoms with E-state index < -0.39 is 5.60 Å². The summed E-state index contributed by atoms with van der Waals surface area (Å²) in [6, 6.07) is 8.73. The van der Waals surface area contributed by atoms with Gasteiger partial charge in [-0.05, 0) is 30.0 Å². The molecular weight excluding hydrogens is 236 g/mol. The van der Waals surface area contributed by atoms with Gasteiger partial charge in [-0.15, -0.1) is 0 Å². The monoisotopic (exact) mass is 262 g/mol. The van der Waals surface area contributed by atoms with Crippen LogP contribution in [0.5, 0.6) is 0 Å². The van der Waals surface area contributed by atoms with Gasteiger partial charge in [0.1, 0.15) is 0 Å². The zero-order valence-corrected chi connectivity index (χ0v) is 12.5. The largest absolute Gasteiger partial charge is 0.387 e. The van der Waals surface area contributed by atoms with E-state index in [9.17, 15) is 5.11 Å². The van der Waals surface area contributed by atoms with Gasteiger partial charge in [0.05, 0.1) is 5.60 Å². The number of nitrogens with zero attached hydrogens (tertiary/aromatic N) is 1. The summed E-state index contributed by atoms with van der Waals surface area (Å²) in [5.74, 6) is 0. The predicted octanol–water partition coefficient (Wildman–Crippen LogP) is 2.14. The standard InChI is InChI=1S/C16H26N2O/c1-15(2,3)13-5-7-14(8-6-13)18-10-9-17-11-16(4,19)12-18/h5-8,17,19H,9-12H2,1-4H3. The minimum absolute atomic E-state index is 0.185. The molecule has 0 bridgehead atoms. The third-order valence-corrected chi connectivity index (χ3v) is 3.69. The van der Waals surface area contributed by atoms with Crippen LogP contribution in [0.4, 0.5) is 5.69 Å². The summed E-state index contributed by atoms with van der Waals surface area (Å²) in [5.41, 5.74) is 2.05. The topological polar surface area (TPSA) is 35.5 Å². The maximum Gasteiger partial charge on any atom is 0.0917 e. The molecule has 2 N–H and O–H groups in total. The highest BCUT2D eigenvalue weighted by atomic mass is 16.3. The highest BCUT2D eigenvalue weighted by Gasteiger charge is 2.26. The van der Waals surface area contributed by atoms with Crippen molar-refractivity contribution in [1.29, 1.82) is 0 Å². The van der Waals surface area contributed by atoms with E-state index in [4.69, 9.17) is 0 Å². The third-order valence-electron chi connectivity index (χ3n) is 3.69. The fraction of sp³-hybridized carbons (Fsp3) is 0.625. The van der Waals surface area contributed by atoms with Gasteiger partial charge in [0, 0.05) is 31.9 Å². The molecule has 1 aliphatic rings. The van der Waals surface area contributed by atoms with Crippen molar-refractivity contribution in [2.24, 2.45) is 0 Å². The van der Waals surface area contributed by atoms with Crippen LogP contribution < -0.4 is 10.2 Å². The van der Waals surface area contributed by atoms with Gasteiger partial charge in [-0.2, -0.15) is 0 Å². The van der Waals surface area contributed by atoms with E-state index in [1.54, 1.807) is 0 Å². The van der Waals surface area contributed by atoms with Crippen LogP contribution in [0.1, 0.15) is 33.3 Å². The summed E-state index contributed by atoms with van der Waals surface area (Å²) in [6.07, 6.45) is 0. The zero-order chi connectivity index (χ0) is 14.1. The molecule has 2 rings (SSSR count). The van der Waals surface area contributed by atoms with Gasteiger partial charge >= 0.3 is 0 Å². The molecule has 0 aliphatic carbocycles. The molecule has 0 spiro atoms. The number of aliphatic hydroxyl groups is 1. The molecule has 1 unspecified atom stereocenters. The number of anilines is 1. The van der Waals surface area contributed by atoms with Gasteiger partial charge in [-0.3, -0.25) is 0 Å². The second-order valence-electron chi connectivity index (χ2n) is 6.89. The Hall–Kier alpha value is -1.06. The fourth-order valence-corrected chi connectivity index (χ4v) is 2.51. The lowest BCUT2D eigenvalue weighted by atomic mass is 9.87. The minimum atomic E-state index is -0.667. The van der Waals surface area contributed by atoms with Gasteiger partial charge < -0.3 is 15.3 Å². The van der Waals surface area contributed by atoms with Crippen molar-refractivity contribution >= 4 is 5.69 Å². The fourth-order valence-electron chi connectivity index (χ4n) is 2.51. The number of benzene rings is 1. The van der Waals surface area contributed by atoms with Gasteiger partial charge in [-0.25, -0.2) is 0 Å². The summed E-state index contributed by atoms with van der Waals surface area (Å²) in [7, 11) is 0. The van der Waals surface area contributed by atoms with Crippen LogP contribution >= 0.6 is 0 Å². The van der Waals surface area contributed by atoms with Crippen molar-refractivity contribution in [3.8, 4) is 0 Å². The maximum atomic E-state index is 10.3. The third kappa shape index (κ3) is 3.71. The number of hydrogen-bond acceptors (Lipinski definition) is 3. The molecule has 0 radical (unpaired) electrons. The molecule has 19 heavy (non-hydrogen) atoms. The highest BCUT2D eigenvalue weighted by Crippen LogP contribution is 2.25. The number of hydrogen-bond donors (Lipinski definition) is 2. The van der Waals surface area contributed by atoms with Gasteiger partial charge in [-0.1, -0.05) is 32.9 Å². The molecule has 1 aromatic rings. The Kier molecular flexibility index (Phi) is 3.88. The second kappa shape index (κ2) is 5.14. The van der Waals surface area contributed by atoms with Crippen LogP contribution in [0.15, 0.2) is 24.3 Å². The van der Waals surface area contributed by atoms with Gasteiger partial charge in [0.25, 0.3) is 0 Å². The van der Waals surface area contributed by atoms with E-state index in [-0.39, 0.29) is 5.41 Å². The van der Waals surface area contributed by atoms with Crippen LogP contribution in [0, 0.1) is 0 Å². The zero-order valence-electron chi connectivity index (χ0n) is 12.5. The number of β-amino-alcohol motifs (C(OH)–C–C–N with tert-alkyl or cyclic N) is 1. The lowest BCUT2D eigenvalue weighted by Crippen LogP contribution is -2.43. The number of rotatable bonds is 1. The molecule has 3 nitrogen and oxygen atoms in total. The van der Waals surface area contributed by atoms with Crippen molar-refractivity contribution in [1.82, 2.24) is 5.32 Å². The molecule has 1 saturated heterocycles. The van der Waals surface area contributed by atoms with E-state index in [1.807, 2.05) is 6.92 Å². The van der Waals surface area contributed by atoms with Crippen LogP contribution in [0.3, 0.4) is 0 Å². The average Bonchev–Trinajstić information content (AvgIpc) is 2.49. The Morgan fingerprint density at radius 1 is 1.21 bits per heavy atom. The van der Waals surface area contributed by atoms with Gasteiger partial charge in [0.15, 0.2) is 0 Å². The molecule has 0 saturated carbocycles. The van der Waals surface area contributed by atoms with Crippen molar-refractivity contribution in [3.05, 3.63) is 29.8 Å². The number of nitrogens with one attached hydrogen (secondary N) is 1. The predicted molar refractivity (Wildman–Crippen MR) is 80.8 cm³/mol. The summed E-state index contributed by atoms with van der Waals surface area (Å²) >= 11 is 0. The molecule has 1 heterocycles. The lowest BCUT2D eigenvalue weighted by Gasteiger charge is -2.30. The van der Waals surface area contributed by atoms with Gasteiger partial charge in [0.2, 0.25) is 0 Å². The second-order valence-corrected chi connectivity index (χ2v) is 6.89. The molecule has 1 atom stereocenters. The quantitative estimate of drug-likeness (QED) is 0.814. The van der Waals surface area contributed by atoms with Crippen molar-refractivity contribution in [2.75, 3.05) is 31.1 Å². The first-order valence-electron chi connectivity index (χ1n) is 7.07. The lowest BCUT2D eigenvalue weighted by molar-refractivity contribution is 0.0729. The molecule has 1 aliphatic heterocycles. The summed E-state index contributed by atoms with van der Waals surface area (Å²) in [5, 5.41) is 13.5. The van der Waals surface area contributed by atoms with Crippen LogP contribution in [0.25, 0.3) is 0 Å². The molecule has 0 amide bonds. The SMILES string of the molecule is CC1(O)CNCCN(c2ccc(C(C)(C)C)cc2)C1. The molecule has 106 valence electrons. The smallest absolute Gasteiger partial charge is 0.0917 e. The molecule has 1 fully saturated rings. The molecular formula is C16H26N2O. The van der Waals surface area contributed by atoms with E-state index in [1.165, 1.54) is 11.3 Å². The van der Waals surface area contributed by atoms with Crippen LogP contribution in [-0.2, 0) is 5.41 Å².